The Hall–Kier alpha value is -1.26. The van der Waals surface area contributed by atoms with Crippen LogP contribution in [0.4, 0.5) is 0 Å². The van der Waals surface area contributed by atoms with Crippen molar-refractivity contribution in [2.45, 2.75) is 31.5 Å². The van der Waals surface area contributed by atoms with Gasteiger partial charge >= 0.3 is 0 Å². The first kappa shape index (κ1) is 12.8. The van der Waals surface area contributed by atoms with Crippen LogP contribution >= 0.6 is 0 Å². The Morgan fingerprint density at radius 3 is 3.00 bits per heavy atom. The lowest BCUT2D eigenvalue weighted by molar-refractivity contribution is -0.0286. The van der Waals surface area contributed by atoms with Gasteiger partial charge in [-0.25, -0.2) is 0 Å². The molecule has 1 saturated heterocycles. The highest BCUT2D eigenvalue weighted by Crippen LogP contribution is 2.40. The Kier molecular flexibility index (Phi) is 3.62. The van der Waals surface area contributed by atoms with Crippen LogP contribution in [0.3, 0.4) is 0 Å². The Balaban J connectivity index is 1.79. The maximum Gasteiger partial charge on any atom is 0.125 e. The topological polar surface area (TPSA) is 47.9 Å². The second kappa shape index (κ2) is 5.39. The molecule has 0 aromatic heterocycles. The van der Waals surface area contributed by atoms with Crippen molar-refractivity contribution in [2.24, 2.45) is 5.92 Å². The van der Waals surface area contributed by atoms with Gasteiger partial charge in [0.1, 0.15) is 17.6 Å². The fourth-order valence-electron chi connectivity index (χ4n) is 2.93. The van der Waals surface area contributed by atoms with E-state index in [1.54, 1.807) is 7.11 Å². The largest absolute Gasteiger partial charge is 0.497 e. The molecule has 0 amide bonds. The molecule has 2 heterocycles. The van der Waals surface area contributed by atoms with Crippen molar-refractivity contribution in [1.82, 2.24) is 0 Å². The molecule has 0 saturated carbocycles. The third kappa shape index (κ3) is 2.55. The number of rotatable bonds is 2. The predicted molar refractivity (Wildman–Crippen MR) is 70.5 cm³/mol. The summed E-state index contributed by atoms with van der Waals surface area (Å²) >= 11 is 0. The van der Waals surface area contributed by atoms with Crippen molar-refractivity contribution in [3.05, 3.63) is 23.8 Å². The third-order valence-corrected chi connectivity index (χ3v) is 4.03. The lowest BCUT2D eigenvalue weighted by atomic mass is 9.88. The summed E-state index contributed by atoms with van der Waals surface area (Å²) < 4.78 is 16.7. The molecule has 0 spiro atoms. The quantitative estimate of drug-likeness (QED) is 0.890. The van der Waals surface area contributed by atoms with Gasteiger partial charge in [0.05, 0.1) is 19.8 Å². The van der Waals surface area contributed by atoms with Crippen LogP contribution in [-0.4, -0.2) is 31.5 Å². The van der Waals surface area contributed by atoms with E-state index in [9.17, 15) is 5.11 Å². The number of aliphatic hydroxyl groups excluding tert-OH is 1. The molecule has 4 nitrogen and oxygen atoms in total. The van der Waals surface area contributed by atoms with Gasteiger partial charge in [-0.1, -0.05) is 0 Å². The summed E-state index contributed by atoms with van der Waals surface area (Å²) in [5.41, 5.74) is 0.826. The van der Waals surface area contributed by atoms with Gasteiger partial charge in [-0.2, -0.15) is 0 Å². The SMILES string of the molecule is COc1ccc2c(c1)[C@H](O)CC(C1CCCOC1)O2. The van der Waals surface area contributed by atoms with Crippen molar-refractivity contribution >= 4 is 0 Å². The summed E-state index contributed by atoms with van der Waals surface area (Å²) in [4.78, 5) is 0. The minimum absolute atomic E-state index is 0.0520. The van der Waals surface area contributed by atoms with E-state index in [-0.39, 0.29) is 6.10 Å². The number of hydrogen-bond acceptors (Lipinski definition) is 4. The van der Waals surface area contributed by atoms with E-state index in [1.165, 1.54) is 0 Å². The van der Waals surface area contributed by atoms with Gasteiger partial charge in [0.2, 0.25) is 0 Å². The molecule has 2 aliphatic rings. The average molecular weight is 264 g/mol. The normalized spacial score (nSPS) is 30.3. The van der Waals surface area contributed by atoms with Gasteiger partial charge in [-0.3, -0.25) is 0 Å². The molecule has 3 rings (SSSR count). The molecular formula is C15H20O4. The van der Waals surface area contributed by atoms with Crippen LogP contribution in [0.2, 0.25) is 0 Å². The molecule has 1 N–H and O–H groups in total. The summed E-state index contributed by atoms with van der Waals surface area (Å²) in [7, 11) is 1.62. The fourth-order valence-corrected chi connectivity index (χ4v) is 2.93. The molecule has 0 bridgehead atoms. The standard InChI is InChI=1S/C15H20O4/c1-17-11-4-5-14-12(7-11)13(16)8-15(19-14)10-3-2-6-18-9-10/h4-5,7,10,13,15-16H,2-3,6,8-9H2,1H3/t10?,13-,15?/m1/s1. The first-order valence-electron chi connectivity index (χ1n) is 6.88. The number of aliphatic hydroxyl groups is 1. The molecule has 0 radical (unpaired) electrons. The number of benzene rings is 1. The van der Waals surface area contributed by atoms with Crippen LogP contribution in [-0.2, 0) is 4.74 Å². The van der Waals surface area contributed by atoms with Crippen LogP contribution in [0.15, 0.2) is 18.2 Å². The summed E-state index contributed by atoms with van der Waals surface area (Å²) in [6, 6.07) is 5.60. The summed E-state index contributed by atoms with van der Waals surface area (Å²) in [6.07, 6.45) is 2.40. The lowest BCUT2D eigenvalue weighted by Crippen LogP contribution is -2.37. The first-order valence-corrected chi connectivity index (χ1v) is 6.88. The van der Waals surface area contributed by atoms with Crippen LogP contribution in [0.5, 0.6) is 11.5 Å². The predicted octanol–water partition coefficient (Wildman–Crippen LogP) is 2.31. The zero-order chi connectivity index (χ0) is 13.2. The summed E-state index contributed by atoms with van der Waals surface area (Å²) in [6.45, 7) is 1.59. The second-order valence-electron chi connectivity index (χ2n) is 5.29. The van der Waals surface area contributed by atoms with Gasteiger partial charge in [-0.05, 0) is 31.0 Å². The van der Waals surface area contributed by atoms with Crippen LogP contribution in [0.25, 0.3) is 0 Å². The van der Waals surface area contributed by atoms with Gasteiger partial charge in [-0.15, -0.1) is 0 Å². The van der Waals surface area contributed by atoms with Gasteiger partial charge < -0.3 is 19.3 Å². The molecule has 19 heavy (non-hydrogen) atoms. The summed E-state index contributed by atoms with van der Waals surface area (Å²) in [5, 5.41) is 10.3. The van der Waals surface area contributed by atoms with Gasteiger partial charge in [0.25, 0.3) is 0 Å². The third-order valence-electron chi connectivity index (χ3n) is 4.03. The maximum absolute atomic E-state index is 10.3. The monoisotopic (exact) mass is 264 g/mol. The fraction of sp³-hybridized carbons (Fsp3) is 0.600. The number of fused-ring (bicyclic) bond motifs is 1. The van der Waals surface area contributed by atoms with Crippen LogP contribution in [0, 0.1) is 5.92 Å². The van der Waals surface area contributed by atoms with E-state index >= 15 is 0 Å². The average Bonchev–Trinajstić information content (AvgIpc) is 2.48. The molecule has 3 atom stereocenters. The van der Waals surface area contributed by atoms with E-state index in [0.717, 1.165) is 43.1 Å². The summed E-state index contributed by atoms with van der Waals surface area (Å²) in [5.74, 6) is 1.91. The van der Waals surface area contributed by atoms with Crippen LogP contribution in [0.1, 0.15) is 30.9 Å². The highest BCUT2D eigenvalue weighted by molar-refractivity contribution is 5.43. The lowest BCUT2D eigenvalue weighted by Gasteiger charge is -2.36. The molecule has 1 aromatic rings. The van der Waals surface area contributed by atoms with Crippen molar-refractivity contribution in [3.63, 3.8) is 0 Å². The van der Waals surface area contributed by atoms with Crippen molar-refractivity contribution in [1.29, 1.82) is 0 Å². The highest BCUT2D eigenvalue weighted by Gasteiger charge is 2.33. The van der Waals surface area contributed by atoms with Crippen molar-refractivity contribution in [2.75, 3.05) is 20.3 Å². The molecule has 1 aromatic carbocycles. The minimum atomic E-state index is -0.481. The van der Waals surface area contributed by atoms with E-state index in [1.807, 2.05) is 18.2 Å². The molecule has 2 aliphatic heterocycles. The molecule has 2 unspecified atom stereocenters. The smallest absolute Gasteiger partial charge is 0.125 e. The number of hydrogen-bond donors (Lipinski definition) is 1. The van der Waals surface area contributed by atoms with Gasteiger partial charge in [0, 0.05) is 24.5 Å². The van der Waals surface area contributed by atoms with E-state index in [2.05, 4.69) is 0 Å². The molecular weight excluding hydrogens is 244 g/mol. The molecule has 104 valence electrons. The number of methoxy groups -OCH3 is 1. The van der Waals surface area contributed by atoms with E-state index in [0.29, 0.717) is 12.3 Å². The Labute approximate surface area is 113 Å². The first-order chi connectivity index (χ1) is 9.28. The zero-order valence-corrected chi connectivity index (χ0v) is 11.2. The van der Waals surface area contributed by atoms with Gasteiger partial charge in [0.15, 0.2) is 0 Å². The molecule has 1 fully saturated rings. The molecule has 4 heteroatoms. The minimum Gasteiger partial charge on any atom is -0.497 e. The Morgan fingerprint density at radius 1 is 1.37 bits per heavy atom. The zero-order valence-electron chi connectivity index (χ0n) is 11.2. The van der Waals surface area contributed by atoms with Crippen molar-refractivity contribution < 1.29 is 19.3 Å². The van der Waals surface area contributed by atoms with E-state index < -0.39 is 6.10 Å². The molecule has 0 aliphatic carbocycles. The van der Waals surface area contributed by atoms with Crippen LogP contribution < -0.4 is 9.47 Å². The second-order valence-corrected chi connectivity index (χ2v) is 5.29. The maximum atomic E-state index is 10.3. The van der Waals surface area contributed by atoms with E-state index in [4.69, 9.17) is 14.2 Å². The van der Waals surface area contributed by atoms with Crippen molar-refractivity contribution in [3.8, 4) is 11.5 Å². The Bertz CT molecular complexity index is 440. The Morgan fingerprint density at radius 2 is 2.26 bits per heavy atom. The highest BCUT2D eigenvalue weighted by atomic mass is 16.5. The number of ether oxygens (including phenoxy) is 3.